The Labute approximate surface area is 138 Å². The fourth-order valence-corrected chi connectivity index (χ4v) is 3.64. The fraction of sp³-hybridized carbons (Fsp3) is 0.562. The van der Waals surface area contributed by atoms with Crippen molar-refractivity contribution in [3.63, 3.8) is 0 Å². The molecule has 0 spiro atoms. The molecule has 1 aromatic carbocycles. The van der Waals surface area contributed by atoms with E-state index in [4.69, 9.17) is 0 Å². The van der Waals surface area contributed by atoms with Gasteiger partial charge in [-0.25, -0.2) is 0 Å². The van der Waals surface area contributed by atoms with Crippen molar-refractivity contribution < 1.29 is 4.79 Å². The van der Waals surface area contributed by atoms with E-state index in [2.05, 4.69) is 44.1 Å². The molecule has 1 fully saturated rings. The van der Waals surface area contributed by atoms with E-state index in [0.29, 0.717) is 11.5 Å². The maximum Gasteiger partial charge on any atom is 0.252 e. The maximum absolute atomic E-state index is 12.2. The Balaban J connectivity index is 1.85. The first-order valence-corrected chi connectivity index (χ1v) is 8.92. The highest BCUT2D eigenvalue weighted by Gasteiger charge is 2.20. The summed E-state index contributed by atoms with van der Waals surface area (Å²) >= 11 is 6.84. The molecule has 0 aliphatic heterocycles. The third kappa shape index (κ3) is 4.32. The Bertz CT molecular complexity index is 468. The zero-order valence-corrected chi connectivity index (χ0v) is 15.0. The van der Waals surface area contributed by atoms with Gasteiger partial charge in [0.2, 0.25) is 0 Å². The molecule has 4 heteroatoms. The second-order valence-corrected chi connectivity index (χ2v) is 7.40. The molecule has 110 valence electrons. The lowest BCUT2D eigenvalue weighted by molar-refractivity contribution is 0.0940. The molecule has 1 aliphatic rings. The van der Waals surface area contributed by atoms with Gasteiger partial charge in [0.15, 0.2) is 0 Å². The summed E-state index contributed by atoms with van der Waals surface area (Å²) in [6, 6.07) is 5.67. The molecule has 1 aliphatic carbocycles. The summed E-state index contributed by atoms with van der Waals surface area (Å²) < 4.78 is 1.77. The number of hydrogen-bond acceptors (Lipinski definition) is 1. The Morgan fingerprint density at radius 1 is 1.20 bits per heavy atom. The Morgan fingerprint density at radius 3 is 2.50 bits per heavy atom. The molecule has 0 unspecified atom stereocenters. The van der Waals surface area contributed by atoms with E-state index in [1.807, 2.05) is 18.2 Å². The molecule has 1 aromatic rings. The van der Waals surface area contributed by atoms with Gasteiger partial charge in [-0.3, -0.25) is 4.79 Å². The van der Waals surface area contributed by atoms with E-state index in [9.17, 15) is 4.79 Å². The van der Waals surface area contributed by atoms with Crippen LogP contribution in [0.2, 0.25) is 0 Å². The molecule has 2 rings (SSSR count). The van der Waals surface area contributed by atoms with Gasteiger partial charge in [0.1, 0.15) is 0 Å². The maximum atomic E-state index is 12.2. The molecule has 0 atom stereocenters. The molecule has 0 bridgehead atoms. The molecule has 0 saturated heterocycles. The molecule has 0 heterocycles. The standard InChI is InChI=1S/C16H21Br2NO/c1-2-11-3-5-12(6-4-11)10-19-16(20)14-9-13(17)7-8-15(14)18/h7-9,11-12H,2-6,10H2,1H3,(H,19,20). The van der Waals surface area contributed by atoms with Crippen LogP contribution in [0.1, 0.15) is 49.4 Å². The molecule has 20 heavy (non-hydrogen) atoms. The first-order chi connectivity index (χ1) is 9.60. The number of hydrogen-bond donors (Lipinski definition) is 1. The molecule has 1 saturated carbocycles. The van der Waals surface area contributed by atoms with Gasteiger partial charge in [-0.1, -0.05) is 42.1 Å². The van der Waals surface area contributed by atoms with E-state index in [1.165, 1.54) is 32.1 Å². The van der Waals surface area contributed by atoms with Crippen LogP contribution < -0.4 is 5.32 Å². The summed E-state index contributed by atoms with van der Waals surface area (Å²) in [5.74, 6) is 1.56. The number of carbonyl (C=O) groups excluding carboxylic acids is 1. The van der Waals surface area contributed by atoms with Crippen molar-refractivity contribution in [2.75, 3.05) is 6.54 Å². The second-order valence-electron chi connectivity index (χ2n) is 5.63. The van der Waals surface area contributed by atoms with Crippen LogP contribution in [0, 0.1) is 11.8 Å². The summed E-state index contributed by atoms with van der Waals surface area (Å²) in [4.78, 5) is 12.2. The predicted octanol–water partition coefficient (Wildman–Crippen LogP) is 5.16. The smallest absolute Gasteiger partial charge is 0.252 e. The molecular formula is C16H21Br2NO. The van der Waals surface area contributed by atoms with Crippen molar-refractivity contribution in [2.45, 2.75) is 39.0 Å². The van der Waals surface area contributed by atoms with Crippen molar-refractivity contribution in [2.24, 2.45) is 11.8 Å². The van der Waals surface area contributed by atoms with Crippen LogP contribution >= 0.6 is 31.9 Å². The largest absolute Gasteiger partial charge is 0.352 e. The third-order valence-electron chi connectivity index (χ3n) is 4.27. The zero-order valence-electron chi connectivity index (χ0n) is 11.8. The van der Waals surface area contributed by atoms with E-state index in [1.54, 1.807) is 0 Å². The van der Waals surface area contributed by atoms with Crippen LogP contribution in [-0.4, -0.2) is 12.5 Å². The van der Waals surface area contributed by atoms with Crippen LogP contribution in [0.25, 0.3) is 0 Å². The monoisotopic (exact) mass is 401 g/mol. The number of rotatable bonds is 4. The number of carbonyl (C=O) groups is 1. The topological polar surface area (TPSA) is 29.1 Å². The normalized spacial score (nSPS) is 22.6. The summed E-state index contributed by atoms with van der Waals surface area (Å²) in [6.45, 7) is 3.08. The summed E-state index contributed by atoms with van der Waals surface area (Å²) in [5.41, 5.74) is 0.696. The SMILES string of the molecule is CCC1CCC(CNC(=O)c2cc(Br)ccc2Br)CC1. The lowest BCUT2D eigenvalue weighted by Crippen LogP contribution is -2.31. The minimum Gasteiger partial charge on any atom is -0.352 e. The van der Waals surface area contributed by atoms with Crippen molar-refractivity contribution in [1.29, 1.82) is 0 Å². The molecular weight excluding hydrogens is 382 g/mol. The van der Waals surface area contributed by atoms with Gasteiger partial charge in [-0.05, 0) is 58.8 Å². The minimum atomic E-state index is 0.00999. The van der Waals surface area contributed by atoms with E-state index in [0.717, 1.165) is 21.4 Å². The molecule has 0 aromatic heterocycles. The van der Waals surface area contributed by atoms with Gasteiger partial charge >= 0.3 is 0 Å². The molecule has 2 nitrogen and oxygen atoms in total. The molecule has 0 radical (unpaired) electrons. The zero-order chi connectivity index (χ0) is 14.5. The van der Waals surface area contributed by atoms with Crippen LogP contribution in [0.4, 0.5) is 0 Å². The molecule has 1 amide bonds. The van der Waals surface area contributed by atoms with Gasteiger partial charge in [-0.2, -0.15) is 0 Å². The van der Waals surface area contributed by atoms with Crippen LogP contribution in [0.15, 0.2) is 27.1 Å². The summed E-state index contributed by atoms with van der Waals surface area (Å²) in [6.07, 6.45) is 6.43. The highest BCUT2D eigenvalue weighted by atomic mass is 79.9. The third-order valence-corrected chi connectivity index (χ3v) is 5.45. The van der Waals surface area contributed by atoms with Crippen molar-refractivity contribution in [3.8, 4) is 0 Å². The van der Waals surface area contributed by atoms with Gasteiger partial charge in [0, 0.05) is 15.5 Å². The van der Waals surface area contributed by atoms with Crippen molar-refractivity contribution in [3.05, 3.63) is 32.7 Å². The second kappa shape index (κ2) is 7.60. The number of benzene rings is 1. The highest BCUT2D eigenvalue weighted by Crippen LogP contribution is 2.30. The highest BCUT2D eigenvalue weighted by molar-refractivity contribution is 9.11. The Kier molecular flexibility index (Phi) is 6.09. The van der Waals surface area contributed by atoms with Gasteiger partial charge in [-0.15, -0.1) is 0 Å². The lowest BCUT2D eigenvalue weighted by atomic mass is 9.81. The lowest BCUT2D eigenvalue weighted by Gasteiger charge is -2.27. The van der Waals surface area contributed by atoms with Crippen LogP contribution in [-0.2, 0) is 0 Å². The fourth-order valence-electron chi connectivity index (χ4n) is 2.85. The number of nitrogens with one attached hydrogen (secondary N) is 1. The van der Waals surface area contributed by atoms with Crippen LogP contribution in [0.5, 0.6) is 0 Å². The van der Waals surface area contributed by atoms with Crippen molar-refractivity contribution in [1.82, 2.24) is 5.32 Å². The first kappa shape index (κ1) is 16.0. The Morgan fingerprint density at radius 2 is 1.85 bits per heavy atom. The average molecular weight is 403 g/mol. The van der Waals surface area contributed by atoms with E-state index in [-0.39, 0.29) is 5.91 Å². The molecule has 1 N–H and O–H groups in total. The van der Waals surface area contributed by atoms with Crippen molar-refractivity contribution >= 4 is 37.8 Å². The Hall–Kier alpha value is -0.350. The number of amides is 1. The average Bonchev–Trinajstić information content (AvgIpc) is 2.47. The van der Waals surface area contributed by atoms with E-state index < -0.39 is 0 Å². The minimum absolute atomic E-state index is 0.00999. The van der Waals surface area contributed by atoms with Gasteiger partial charge in [0.05, 0.1) is 5.56 Å². The summed E-state index contributed by atoms with van der Waals surface area (Å²) in [7, 11) is 0. The summed E-state index contributed by atoms with van der Waals surface area (Å²) in [5, 5.41) is 3.08. The van der Waals surface area contributed by atoms with Crippen LogP contribution in [0.3, 0.4) is 0 Å². The van der Waals surface area contributed by atoms with Gasteiger partial charge < -0.3 is 5.32 Å². The van der Waals surface area contributed by atoms with Gasteiger partial charge in [0.25, 0.3) is 5.91 Å². The quantitative estimate of drug-likeness (QED) is 0.740. The first-order valence-electron chi connectivity index (χ1n) is 7.33. The predicted molar refractivity (Wildman–Crippen MR) is 89.9 cm³/mol. The van der Waals surface area contributed by atoms with E-state index >= 15 is 0 Å². The number of halogens is 2.